The van der Waals surface area contributed by atoms with Crippen LogP contribution in [0.1, 0.15) is 36.8 Å². The fourth-order valence-corrected chi connectivity index (χ4v) is 2.83. The van der Waals surface area contributed by atoms with Crippen LogP contribution in [-0.4, -0.2) is 30.4 Å². The third-order valence-corrected chi connectivity index (χ3v) is 3.89. The SMILES string of the molecule is Cc1ccc(C(CN)N2CCC(CC(N)=O)CC2)o1. The van der Waals surface area contributed by atoms with Gasteiger partial charge < -0.3 is 15.9 Å². The Labute approximate surface area is 113 Å². The summed E-state index contributed by atoms with van der Waals surface area (Å²) in [6.45, 7) is 4.38. The number of hydrogen-bond donors (Lipinski definition) is 2. The van der Waals surface area contributed by atoms with Crippen LogP contribution in [0.25, 0.3) is 0 Å². The summed E-state index contributed by atoms with van der Waals surface area (Å²) in [6.07, 6.45) is 2.50. The van der Waals surface area contributed by atoms with Gasteiger partial charge >= 0.3 is 0 Å². The second kappa shape index (κ2) is 6.21. The minimum absolute atomic E-state index is 0.142. The van der Waals surface area contributed by atoms with Crippen molar-refractivity contribution in [3.63, 3.8) is 0 Å². The molecule has 2 heterocycles. The number of nitrogens with zero attached hydrogens (tertiary/aromatic N) is 1. The van der Waals surface area contributed by atoms with Crippen molar-refractivity contribution in [3.05, 3.63) is 23.7 Å². The van der Waals surface area contributed by atoms with E-state index in [1.807, 2.05) is 19.1 Å². The van der Waals surface area contributed by atoms with Crippen molar-refractivity contribution >= 4 is 5.91 Å². The summed E-state index contributed by atoms with van der Waals surface area (Å²) in [6, 6.07) is 4.11. The van der Waals surface area contributed by atoms with Gasteiger partial charge in [0.2, 0.25) is 5.91 Å². The summed E-state index contributed by atoms with van der Waals surface area (Å²) >= 11 is 0. The third kappa shape index (κ3) is 3.58. The number of rotatable bonds is 5. The van der Waals surface area contributed by atoms with Crippen molar-refractivity contribution in [3.8, 4) is 0 Å². The maximum atomic E-state index is 10.9. The Hall–Kier alpha value is -1.33. The first-order valence-corrected chi connectivity index (χ1v) is 6.89. The Morgan fingerprint density at radius 1 is 1.47 bits per heavy atom. The van der Waals surface area contributed by atoms with E-state index in [1.165, 1.54) is 0 Å². The van der Waals surface area contributed by atoms with Crippen LogP contribution in [-0.2, 0) is 4.79 Å². The van der Waals surface area contributed by atoms with Crippen LogP contribution in [0.5, 0.6) is 0 Å². The summed E-state index contributed by atoms with van der Waals surface area (Å²) < 4.78 is 5.69. The molecule has 0 bridgehead atoms. The normalized spacial score (nSPS) is 19.5. The molecule has 106 valence electrons. The molecule has 1 atom stereocenters. The van der Waals surface area contributed by atoms with E-state index in [4.69, 9.17) is 15.9 Å². The lowest BCUT2D eigenvalue weighted by Crippen LogP contribution is -2.40. The van der Waals surface area contributed by atoms with E-state index in [-0.39, 0.29) is 11.9 Å². The Kier molecular flexibility index (Phi) is 4.61. The van der Waals surface area contributed by atoms with Gasteiger partial charge in [0.1, 0.15) is 11.5 Å². The van der Waals surface area contributed by atoms with Gasteiger partial charge in [0.15, 0.2) is 0 Å². The second-order valence-electron chi connectivity index (χ2n) is 5.35. The van der Waals surface area contributed by atoms with E-state index >= 15 is 0 Å². The van der Waals surface area contributed by atoms with E-state index in [0.717, 1.165) is 37.5 Å². The van der Waals surface area contributed by atoms with E-state index in [2.05, 4.69) is 4.90 Å². The summed E-state index contributed by atoms with van der Waals surface area (Å²) in [5.74, 6) is 2.08. The van der Waals surface area contributed by atoms with Crippen molar-refractivity contribution in [2.75, 3.05) is 19.6 Å². The Morgan fingerprint density at radius 3 is 2.63 bits per heavy atom. The minimum Gasteiger partial charge on any atom is -0.465 e. The molecule has 0 aromatic carbocycles. The molecule has 0 aliphatic carbocycles. The highest BCUT2D eigenvalue weighted by Gasteiger charge is 2.27. The molecule has 1 unspecified atom stereocenters. The van der Waals surface area contributed by atoms with Crippen LogP contribution in [0.4, 0.5) is 0 Å². The van der Waals surface area contributed by atoms with Gasteiger partial charge in [0, 0.05) is 13.0 Å². The highest BCUT2D eigenvalue weighted by atomic mass is 16.3. The molecule has 1 aliphatic rings. The van der Waals surface area contributed by atoms with E-state index in [9.17, 15) is 4.79 Å². The summed E-state index contributed by atoms with van der Waals surface area (Å²) in [5.41, 5.74) is 11.1. The Morgan fingerprint density at radius 2 is 2.16 bits per heavy atom. The molecule has 1 aromatic heterocycles. The van der Waals surface area contributed by atoms with Crippen LogP contribution in [0.3, 0.4) is 0 Å². The lowest BCUT2D eigenvalue weighted by molar-refractivity contribution is -0.119. The minimum atomic E-state index is -0.199. The molecule has 0 saturated carbocycles. The number of hydrogen-bond acceptors (Lipinski definition) is 4. The van der Waals surface area contributed by atoms with Gasteiger partial charge in [-0.25, -0.2) is 0 Å². The summed E-state index contributed by atoms with van der Waals surface area (Å²) in [4.78, 5) is 13.3. The highest BCUT2D eigenvalue weighted by molar-refractivity contribution is 5.73. The van der Waals surface area contributed by atoms with Crippen molar-refractivity contribution < 1.29 is 9.21 Å². The molecule has 1 fully saturated rings. The molecule has 5 heteroatoms. The molecule has 4 N–H and O–H groups in total. The largest absolute Gasteiger partial charge is 0.465 e. The molecule has 19 heavy (non-hydrogen) atoms. The fourth-order valence-electron chi connectivity index (χ4n) is 2.83. The molecule has 2 rings (SSSR count). The number of piperidine rings is 1. The van der Waals surface area contributed by atoms with Gasteiger partial charge in [-0.2, -0.15) is 0 Å². The summed E-state index contributed by atoms with van der Waals surface area (Å²) in [5, 5.41) is 0. The lowest BCUT2D eigenvalue weighted by atomic mass is 9.92. The van der Waals surface area contributed by atoms with Crippen LogP contribution in [0, 0.1) is 12.8 Å². The maximum absolute atomic E-state index is 10.9. The molecule has 0 spiro atoms. The molecule has 5 nitrogen and oxygen atoms in total. The summed E-state index contributed by atoms with van der Waals surface area (Å²) in [7, 11) is 0. The molecule has 0 radical (unpaired) electrons. The fraction of sp³-hybridized carbons (Fsp3) is 0.643. The third-order valence-electron chi connectivity index (χ3n) is 3.89. The van der Waals surface area contributed by atoms with Gasteiger partial charge in [-0.05, 0) is 50.9 Å². The molecule has 1 aromatic rings. The van der Waals surface area contributed by atoms with Gasteiger partial charge in [-0.15, -0.1) is 0 Å². The zero-order valence-electron chi connectivity index (χ0n) is 11.5. The number of amides is 1. The van der Waals surface area contributed by atoms with Crippen LogP contribution < -0.4 is 11.5 Å². The number of likely N-dealkylation sites (tertiary alicyclic amines) is 1. The van der Waals surface area contributed by atoms with Gasteiger partial charge in [-0.1, -0.05) is 0 Å². The molecule has 1 aliphatic heterocycles. The van der Waals surface area contributed by atoms with Gasteiger partial charge in [0.05, 0.1) is 6.04 Å². The van der Waals surface area contributed by atoms with Gasteiger partial charge in [-0.3, -0.25) is 9.69 Å². The number of carbonyl (C=O) groups is 1. The Balaban J connectivity index is 1.93. The molecular weight excluding hydrogens is 242 g/mol. The lowest BCUT2D eigenvalue weighted by Gasteiger charge is -2.36. The number of furan rings is 1. The number of aryl methyl sites for hydroxylation is 1. The zero-order valence-corrected chi connectivity index (χ0v) is 11.5. The van der Waals surface area contributed by atoms with Crippen LogP contribution in [0.2, 0.25) is 0 Å². The standard InChI is InChI=1S/C14H23N3O2/c1-10-2-3-13(19-10)12(9-15)17-6-4-11(5-7-17)8-14(16)18/h2-3,11-12H,4-9,15H2,1H3,(H2,16,18). The first kappa shape index (κ1) is 14.1. The van der Waals surface area contributed by atoms with Crippen LogP contribution in [0.15, 0.2) is 16.5 Å². The first-order chi connectivity index (χ1) is 9.10. The number of primary amides is 1. The number of carbonyl (C=O) groups excluding carboxylic acids is 1. The van der Waals surface area contributed by atoms with Crippen molar-refractivity contribution in [2.24, 2.45) is 17.4 Å². The highest BCUT2D eigenvalue weighted by Crippen LogP contribution is 2.28. The zero-order chi connectivity index (χ0) is 13.8. The molecule has 1 amide bonds. The second-order valence-corrected chi connectivity index (χ2v) is 5.35. The monoisotopic (exact) mass is 265 g/mol. The van der Waals surface area contributed by atoms with Crippen molar-refractivity contribution in [1.82, 2.24) is 4.90 Å². The van der Waals surface area contributed by atoms with Crippen molar-refractivity contribution in [1.29, 1.82) is 0 Å². The Bertz CT molecular complexity index is 422. The topological polar surface area (TPSA) is 85.5 Å². The van der Waals surface area contributed by atoms with E-state index in [1.54, 1.807) is 0 Å². The smallest absolute Gasteiger partial charge is 0.217 e. The van der Waals surface area contributed by atoms with E-state index in [0.29, 0.717) is 18.9 Å². The van der Waals surface area contributed by atoms with Crippen LogP contribution >= 0.6 is 0 Å². The predicted octanol–water partition coefficient (Wildman–Crippen LogP) is 1.18. The molecular formula is C14H23N3O2. The average Bonchev–Trinajstić information content (AvgIpc) is 2.78. The maximum Gasteiger partial charge on any atom is 0.217 e. The predicted molar refractivity (Wildman–Crippen MR) is 73.3 cm³/mol. The van der Waals surface area contributed by atoms with Crippen molar-refractivity contribution in [2.45, 2.75) is 32.2 Å². The number of nitrogens with two attached hydrogens (primary N) is 2. The van der Waals surface area contributed by atoms with E-state index < -0.39 is 0 Å². The quantitative estimate of drug-likeness (QED) is 0.837. The first-order valence-electron chi connectivity index (χ1n) is 6.89. The molecule has 1 saturated heterocycles. The average molecular weight is 265 g/mol. The van der Waals surface area contributed by atoms with Gasteiger partial charge in [0.25, 0.3) is 0 Å².